The van der Waals surface area contributed by atoms with E-state index in [1.54, 1.807) is 0 Å². The molecule has 0 aromatic rings. The van der Waals surface area contributed by atoms with Crippen molar-refractivity contribution in [1.29, 1.82) is 0 Å². The van der Waals surface area contributed by atoms with Crippen molar-refractivity contribution < 1.29 is 9.50 Å². The molecule has 0 fully saturated rings. The van der Waals surface area contributed by atoms with E-state index in [9.17, 15) is 4.39 Å². The van der Waals surface area contributed by atoms with Crippen LogP contribution < -0.4 is 0 Å². The Morgan fingerprint density at radius 3 is 2.29 bits per heavy atom. The Morgan fingerprint density at radius 1 is 1.86 bits per heavy atom. The molecule has 0 aromatic heterocycles. The van der Waals surface area contributed by atoms with Crippen LogP contribution in [0.4, 0.5) is 4.39 Å². The lowest BCUT2D eigenvalue weighted by Crippen LogP contribution is -1.67. The van der Waals surface area contributed by atoms with E-state index in [0.29, 0.717) is 0 Å². The van der Waals surface area contributed by atoms with Gasteiger partial charge in [-0.15, -0.1) is 0 Å². The summed E-state index contributed by atoms with van der Waals surface area (Å²) in [5.41, 5.74) is 0. The maximum absolute atomic E-state index is 11.5. The molecule has 0 rings (SSSR count). The molecule has 0 amide bonds. The molecule has 0 aliphatic carbocycles. The molecule has 0 saturated heterocycles. The molecular formula is C5H7FO. The lowest BCUT2D eigenvalue weighted by Gasteiger charge is -1.81. The van der Waals surface area contributed by atoms with Crippen molar-refractivity contribution in [3.8, 4) is 0 Å². The summed E-state index contributed by atoms with van der Waals surface area (Å²) in [5.74, 6) is -0.687. The Kier molecular flexibility index (Phi) is 2.12. The fraction of sp³-hybridized carbons (Fsp3) is 0.200. The molecule has 0 aromatic carbocycles. The van der Waals surface area contributed by atoms with Crippen LogP contribution in [0.5, 0.6) is 0 Å². The normalized spacial score (nSPS) is 11.4. The van der Waals surface area contributed by atoms with Crippen molar-refractivity contribution in [1.82, 2.24) is 0 Å². The first kappa shape index (κ1) is 6.21. The summed E-state index contributed by atoms with van der Waals surface area (Å²) in [5, 5.41) is 8.28. The molecule has 40 valence electrons. The highest BCUT2D eigenvalue weighted by molar-refractivity contribution is 5.07. The molecule has 2 heteroatoms. The molecule has 1 N–H and O–H groups in total. The molecule has 0 saturated carbocycles. The van der Waals surface area contributed by atoms with Gasteiger partial charge in [-0.05, 0) is 6.92 Å². The summed E-state index contributed by atoms with van der Waals surface area (Å²) in [7, 11) is 0. The number of hydrogen-bond donors (Lipinski definition) is 1. The number of halogens is 1. The highest BCUT2D eigenvalue weighted by Crippen LogP contribution is 1.95. The van der Waals surface area contributed by atoms with Gasteiger partial charge in [-0.25, -0.2) is 4.39 Å². The van der Waals surface area contributed by atoms with Gasteiger partial charge in [0.2, 0.25) is 0 Å². The van der Waals surface area contributed by atoms with Gasteiger partial charge in [-0.1, -0.05) is 6.58 Å². The van der Waals surface area contributed by atoms with Crippen LogP contribution in [0.15, 0.2) is 24.2 Å². The molecule has 0 unspecified atom stereocenters. The summed E-state index contributed by atoms with van der Waals surface area (Å²) >= 11 is 0. The zero-order valence-corrected chi connectivity index (χ0v) is 4.11. The number of hydrogen-bond acceptors (Lipinski definition) is 1. The lowest BCUT2D eigenvalue weighted by molar-refractivity contribution is 0.411. The zero-order chi connectivity index (χ0) is 5.86. The Balaban J connectivity index is 3.68. The van der Waals surface area contributed by atoms with Crippen LogP contribution in [-0.2, 0) is 0 Å². The molecule has 0 aliphatic heterocycles. The Morgan fingerprint density at radius 2 is 2.29 bits per heavy atom. The van der Waals surface area contributed by atoms with Crippen molar-refractivity contribution in [3.05, 3.63) is 24.2 Å². The maximum atomic E-state index is 11.5. The second-order valence-corrected chi connectivity index (χ2v) is 1.23. The van der Waals surface area contributed by atoms with E-state index in [1.165, 1.54) is 6.92 Å². The van der Waals surface area contributed by atoms with Crippen molar-refractivity contribution in [2.45, 2.75) is 6.92 Å². The summed E-state index contributed by atoms with van der Waals surface area (Å²) in [6.07, 6.45) is 0.944. The highest BCUT2D eigenvalue weighted by atomic mass is 19.1. The fourth-order valence-corrected chi connectivity index (χ4v) is 0.227. The second kappa shape index (κ2) is 2.39. The summed E-state index contributed by atoms with van der Waals surface area (Å²) in [6, 6.07) is 0. The fourth-order valence-electron chi connectivity index (χ4n) is 0.227. The van der Waals surface area contributed by atoms with Crippen LogP contribution in [0.1, 0.15) is 6.92 Å². The molecule has 0 heterocycles. The monoisotopic (exact) mass is 102 g/mol. The van der Waals surface area contributed by atoms with Gasteiger partial charge in [0.05, 0.1) is 5.76 Å². The third kappa shape index (κ3) is 5.21. The van der Waals surface area contributed by atoms with Crippen LogP contribution in [0.25, 0.3) is 0 Å². The summed E-state index contributed by atoms with van der Waals surface area (Å²) in [6.45, 7) is 4.27. The predicted molar refractivity (Wildman–Crippen MR) is 26.6 cm³/mol. The molecule has 7 heavy (non-hydrogen) atoms. The molecule has 1 nitrogen and oxygen atoms in total. The molecule has 0 bridgehead atoms. The molecule has 0 spiro atoms. The van der Waals surface area contributed by atoms with Crippen molar-refractivity contribution in [3.63, 3.8) is 0 Å². The van der Waals surface area contributed by atoms with E-state index in [4.69, 9.17) is 5.11 Å². The first-order chi connectivity index (χ1) is 3.13. The Hall–Kier alpha value is -0.790. The van der Waals surface area contributed by atoms with Crippen molar-refractivity contribution in [2.24, 2.45) is 0 Å². The van der Waals surface area contributed by atoms with Gasteiger partial charge >= 0.3 is 0 Å². The van der Waals surface area contributed by atoms with E-state index < -0.39 is 5.83 Å². The third-order valence-corrected chi connectivity index (χ3v) is 0.366. The van der Waals surface area contributed by atoms with Gasteiger partial charge in [0.25, 0.3) is 0 Å². The lowest BCUT2D eigenvalue weighted by atomic mass is 10.4. The van der Waals surface area contributed by atoms with Crippen LogP contribution in [0, 0.1) is 0 Å². The summed E-state index contributed by atoms with van der Waals surface area (Å²) < 4.78 is 11.5. The number of allylic oxidation sites excluding steroid dienone is 3. The largest absolute Gasteiger partial charge is 0.513 e. The van der Waals surface area contributed by atoms with Crippen LogP contribution in [0.3, 0.4) is 0 Å². The molecule has 0 atom stereocenters. The molecular weight excluding hydrogens is 95.1 g/mol. The van der Waals surface area contributed by atoms with Crippen LogP contribution in [0.2, 0.25) is 0 Å². The average molecular weight is 102 g/mol. The van der Waals surface area contributed by atoms with Gasteiger partial charge in [0, 0.05) is 6.08 Å². The van der Waals surface area contributed by atoms with E-state index >= 15 is 0 Å². The van der Waals surface area contributed by atoms with E-state index in [-0.39, 0.29) is 5.76 Å². The first-order valence-electron chi connectivity index (χ1n) is 1.84. The van der Waals surface area contributed by atoms with Gasteiger partial charge in [-0.3, -0.25) is 0 Å². The SMILES string of the molecule is C=C(F)/C=C(/C)O. The third-order valence-electron chi connectivity index (χ3n) is 0.366. The van der Waals surface area contributed by atoms with Gasteiger partial charge in [-0.2, -0.15) is 0 Å². The smallest absolute Gasteiger partial charge is 0.119 e. The average Bonchev–Trinajstić information content (AvgIpc) is 1.27. The highest BCUT2D eigenvalue weighted by Gasteiger charge is 1.80. The number of aliphatic hydroxyl groups is 1. The Labute approximate surface area is 41.8 Å². The van der Waals surface area contributed by atoms with Crippen molar-refractivity contribution in [2.75, 3.05) is 0 Å². The predicted octanol–water partition coefficient (Wildman–Crippen LogP) is 1.93. The van der Waals surface area contributed by atoms with Crippen LogP contribution >= 0.6 is 0 Å². The Bertz CT molecular complexity index is 101. The number of rotatable bonds is 1. The quantitative estimate of drug-likeness (QED) is 0.396. The van der Waals surface area contributed by atoms with Crippen molar-refractivity contribution >= 4 is 0 Å². The standard InChI is InChI=1S/C5H7FO/c1-4(6)3-5(2)7/h3,7H,1H2,2H3/b5-3-. The zero-order valence-electron chi connectivity index (χ0n) is 4.11. The minimum absolute atomic E-state index is 0.0625. The minimum Gasteiger partial charge on any atom is -0.513 e. The van der Waals surface area contributed by atoms with Gasteiger partial charge in [0.1, 0.15) is 5.83 Å². The van der Waals surface area contributed by atoms with Gasteiger partial charge in [0.15, 0.2) is 0 Å². The topological polar surface area (TPSA) is 20.2 Å². The first-order valence-corrected chi connectivity index (χ1v) is 1.84. The van der Waals surface area contributed by atoms with E-state index in [1.807, 2.05) is 0 Å². The summed E-state index contributed by atoms with van der Waals surface area (Å²) in [4.78, 5) is 0. The van der Waals surface area contributed by atoms with E-state index in [2.05, 4.69) is 6.58 Å². The minimum atomic E-state index is -0.625. The van der Waals surface area contributed by atoms with Crippen LogP contribution in [-0.4, -0.2) is 5.11 Å². The van der Waals surface area contributed by atoms with E-state index in [0.717, 1.165) is 6.08 Å². The number of aliphatic hydroxyl groups excluding tert-OH is 1. The maximum Gasteiger partial charge on any atom is 0.119 e. The van der Waals surface area contributed by atoms with Gasteiger partial charge < -0.3 is 5.11 Å². The molecule has 0 radical (unpaired) electrons. The molecule has 0 aliphatic rings. The second-order valence-electron chi connectivity index (χ2n) is 1.23.